The van der Waals surface area contributed by atoms with Gasteiger partial charge in [-0.2, -0.15) is 0 Å². The van der Waals surface area contributed by atoms with Crippen LogP contribution in [0.4, 0.5) is 8.78 Å². The van der Waals surface area contributed by atoms with Crippen LogP contribution in [-0.2, 0) is 4.74 Å². The zero-order valence-electron chi connectivity index (χ0n) is 12.1. The van der Waals surface area contributed by atoms with Crippen molar-refractivity contribution in [1.29, 1.82) is 0 Å². The minimum atomic E-state index is -0.577. The fourth-order valence-corrected chi connectivity index (χ4v) is 2.85. The maximum atomic E-state index is 14.3. The predicted molar refractivity (Wildman–Crippen MR) is 72.8 cm³/mol. The molecule has 3 nitrogen and oxygen atoms in total. The van der Waals surface area contributed by atoms with Crippen LogP contribution < -0.4 is 10.1 Å². The number of rotatable bonds is 5. The molecule has 0 bridgehead atoms. The van der Waals surface area contributed by atoms with Crippen LogP contribution in [0, 0.1) is 17.6 Å². The molecule has 2 rings (SSSR count). The van der Waals surface area contributed by atoms with Gasteiger partial charge in [0.2, 0.25) is 0 Å². The Morgan fingerprint density at radius 2 is 2.05 bits per heavy atom. The third-order valence-corrected chi connectivity index (χ3v) is 3.89. The van der Waals surface area contributed by atoms with Crippen molar-refractivity contribution in [3.05, 3.63) is 29.3 Å². The maximum Gasteiger partial charge on any atom is 0.134 e. The van der Waals surface area contributed by atoms with Crippen LogP contribution in [0.25, 0.3) is 0 Å². The quantitative estimate of drug-likeness (QED) is 0.902. The van der Waals surface area contributed by atoms with Gasteiger partial charge in [-0.1, -0.05) is 6.92 Å². The van der Waals surface area contributed by atoms with Crippen molar-refractivity contribution < 1.29 is 18.3 Å². The molecule has 0 radical (unpaired) electrons. The Bertz CT molecular complexity index is 444. The van der Waals surface area contributed by atoms with Gasteiger partial charge in [0.15, 0.2) is 0 Å². The molecule has 0 spiro atoms. The summed E-state index contributed by atoms with van der Waals surface area (Å²) < 4.78 is 38.9. The Balaban J connectivity index is 2.38. The van der Waals surface area contributed by atoms with E-state index in [0.29, 0.717) is 13.2 Å². The number of hydrogen-bond donors (Lipinski definition) is 1. The molecule has 1 N–H and O–H groups in total. The molecule has 1 aromatic rings. The highest BCUT2D eigenvalue weighted by Crippen LogP contribution is 2.36. The standard InChI is InChI=1S/C15H21F2NO2/c1-4-18-15(11-5-6-20-9(11)2)14-12(16)7-10(19-3)8-13(14)17/h7-9,11,15,18H,4-6H2,1-3H3. The minimum absolute atomic E-state index is 0.0139. The predicted octanol–water partition coefficient (Wildman–Crippen LogP) is 3.05. The summed E-state index contributed by atoms with van der Waals surface area (Å²) in [6.45, 7) is 5.14. The summed E-state index contributed by atoms with van der Waals surface area (Å²) in [6, 6.07) is 2.07. The van der Waals surface area contributed by atoms with Crippen molar-refractivity contribution in [2.45, 2.75) is 32.4 Å². The number of hydrogen-bond acceptors (Lipinski definition) is 3. The monoisotopic (exact) mass is 285 g/mol. The lowest BCUT2D eigenvalue weighted by atomic mass is 9.87. The summed E-state index contributed by atoms with van der Waals surface area (Å²) in [5.41, 5.74) is 0.0787. The lowest BCUT2D eigenvalue weighted by molar-refractivity contribution is 0.0947. The Labute approximate surface area is 118 Å². The number of halogens is 2. The number of ether oxygens (including phenoxy) is 2. The van der Waals surface area contributed by atoms with E-state index in [1.165, 1.54) is 19.2 Å². The average Bonchev–Trinajstić information content (AvgIpc) is 2.82. The van der Waals surface area contributed by atoms with Crippen LogP contribution >= 0.6 is 0 Å². The first-order valence-electron chi connectivity index (χ1n) is 6.96. The Hall–Kier alpha value is -1.20. The first kappa shape index (κ1) is 15.2. The van der Waals surface area contributed by atoms with Gasteiger partial charge >= 0.3 is 0 Å². The number of benzene rings is 1. The van der Waals surface area contributed by atoms with E-state index in [1.807, 2.05) is 13.8 Å². The van der Waals surface area contributed by atoms with E-state index < -0.39 is 11.6 Å². The fourth-order valence-electron chi connectivity index (χ4n) is 2.85. The Morgan fingerprint density at radius 1 is 1.40 bits per heavy atom. The highest BCUT2D eigenvalue weighted by molar-refractivity contribution is 5.33. The number of nitrogens with one attached hydrogen (secondary N) is 1. The van der Waals surface area contributed by atoms with Crippen LogP contribution in [0.15, 0.2) is 12.1 Å². The molecule has 1 aliphatic rings. The van der Waals surface area contributed by atoms with E-state index in [0.717, 1.165) is 6.42 Å². The average molecular weight is 285 g/mol. The van der Waals surface area contributed by atoms with Gasteiger partial charge in [0, 0.05) is 36.3 Å². The molecule has 1 fully saturated rings. The molecule has 1 saturated heterocycles. The van der Waals surface area contributed by atoms with Gasteiger partial charge in [-0.15, -0.1) is 0 Å². The molecule has 3 atom stereocenters. The third kappa shape index (κ3) is 2.94. The topological polar surface area (TPSA) is 30.5 Å². The lowest BCUT2D eigenvalue weighted by Gasteiger charge is -2.27. The van der Waals surface area contributed by atoms with E-state index in [4.69, 9.17) is 9.47 Å². The van der Waals surface area contributed by atoms with Gasteiger partial charge in [-0.25, -0.2) is 8.78 Å². The molecular formula is C15H21F2NO2. The molecular weight excluding hydrogens is 264 g/mol. The second-order valence-electron chi connectivity index (χ2n) is 5.07. The van der Waals surface area contributed by atoms with Gasteiger partial charge in [0.25, 0.3) is 0 Å². The van der Waals surface area contributed by atoms with Crippen molar-refractivity contribution in [2.75, 3.05) is 20.3 Å². The second kappa shape index (κ2) is 6.50. The summed E-state index contributed by atoms with van der Waals surface area (Å²) in [5, 5.41) is 3.19. The summed E-state index contributed by atoms with van der Waals surface area (Å²) >= 11 is 0. The maximum absolute atomic E-state index is 14.3. The van der Waals surface area contributed by atoms with Crippen LogP contribution in [-0.4, -0.2) is 26.4 Å². The van der Waals surface area contributed by atoms with Crippen molar-refractivity contribution in [2.24, 2.45) is 5.92 Å². The zero-order chi connectivity index (χ0) is 14.7. The minimum Gasteiger partial charge on any atom is -0.497 e. The van der Waals surface area contributed by atoms with E-state index in [1.54, 1.807) is 0 Å². The molecule has 3 unspecified atom stereocenters. The third-order valence-electron chi connectivity index (χ3n) is 3.89. The summed E-state index contributed by atoms with van der Waals surface area (Å²) in [4.78, 5) is 0. The van der Waals surface area contributed by atoms with Crippen molar-refractivity contribution in [1.82, 2.24) is 5.32 Å². The molecule has 0 aliphatic carbocycles. The van der Waals surface area contributed by atoms with Crippen LogP contribution in [0.1, 0.15) is 31.9 Å². The van der Waals surface area contributed by atoms with Crippen LogP contribution in [0.3, 0.4) is 0 Å². The van der Waals surface area contributed by atoms with Gasteiger partial charge in [-0.05, 0) is 19.9 Å². The molecule has 20 heavy (non-hydrogen) atoms. The molecule has 1 aliphatic heterocycles. The highest BCUT2D eigenvalue weighted by atomic mass is 19.1. The zero-order valence-corrected chi connectivity index (χ0v) is 12.1. The van der Waals surface area contributed by atoms with Gasteiger partial charge in [-0.3, -0.25) is 0 Å². The van der Waals surface area contributed by atoms with E-state index in [-0.39, 0.29) is 29.4 Å². The summed E-state index contributed by atoms with van der Waals surface area (Å²) in [6.07, 6.45) is 0.781. The van der Waals surface area contributed by atoms with Crippen LogP contribution in [0.2, 0.25) is 0 Å². The fraction of sp³-hybridized carbons (Fsp3) is 0.600. The van der Waals surface area contributed by atoms with E-state index >= 15 is 0 Å². The normalized spacial score (nSPS) is 23.9. The van der Waals surface area contributed by atoms with Gasteiger partial charge in [0.05, 0.1) is 13.2 Å². The smallest absolute Gasteiger partial charge is 0.134 e. The molecule has 0 amide bonds. The van der Waals surface area contributed by atoms with Gasteiger partial charge < -0.3 is 14.8 Å². The molecule has 1 aromatic carbocycles. The van der Waals surface area contributed by atoms with Crippen molar-refractivity contribution >= 4 is 0 Å². The molecule has 0 aromatic heterocycles. The van der Waals surface area contributed by atoms with Crippen LogP contribution in [0.5, 0.6) is 5.75 Å². The molecule has 112 valence electrons. The first-order chi connectivity index (χ1) is 9.58. The second-order valence-corrected chi connectivity index (χ2v) is 5.07. The molecule has 5 heteroatoms. The molecule has 0 saturated carbocycles. The summed E-state index contributed by atoms with van der Waals surface area (Å²) in [7, 11) is 1.39. The van der Waals surface area contributed by atoms with Crippen molar-refractivity contribution in [3.63, 3.8) is 0 Å². The Kier molecular flexibility index (Phi) is 4.94. The largest absolute Gasteiger partial charge is 0.497 e. The molecule has 1 heterocycles. The summed E-state index contributed by atoms with van der Waals surface area (Å²) in [5.74, 6) is -0.902. The van der Waals surface area contributed by atoms with E-state index in [9.17, 15) is 8.78 Å². The van der Waals surface area contributed by atoms with E-state index in [2.05, 4.69) is 5.32 Å². The first-order valence-corrected chi connectivity index (χ1v) is 6.96. The van der Waals surface area contributed by atoms with Gasteiger partial charge in [0.1, 0.15) is 17.4 Å². The van der Waals surface area contributed by atoms with Crippen molar-refractivity contribution in [3.8, 4) is 5.75 Å². The Morgan fingerprint density at radius 3 is 2.50 bits per heavy atom. The highest BCUT2D eigenvalue weighted by Gasteiger charge is 2.35. The SMILES string of the molecule is CCNC(c1c(F)cc(OC)cc1F)C1CCOC1C. The number of methoxy groups -OCH3 is 1. The lowest BCUT2D eigenvalue weighted by Crippen LogP contribution is -2.33.